The molecule has 0 rings (SSSR count). The van der Waals surface area contributed by atoms with Crippen molar-refractivity contribution < 1.29 is 4.74 Å². The van der Waals surface area contributed by atoms with E-state index < -0.39 is 0 Å². The SMILES string of the molecule is CCC(CN)CCN(CCOC)C(C)CC. The molecule has 0 saturated carbocycles. The van der Waals surface area contributed by atoms with Gasteiger partial charge in [0.2, 0.25) is 0 Å². The lowest BCUT2D eigenvalue weighted by atomic mass is 10.0. The molecule has 0 aliphatic rings. The third-order valence-corrected chi connectivity index (χ3v) is 3.53. The van der Waals surface area contributed by atoms with Crippen molar-refractivity contribution in [3.8, 4) is 0 Å². The summed E-state index contributed by atoms with van der Waals surface area (Å²) in [5.41, 5.74) is 5.74. The molecule has 16 heavy (non-hydrogen) atoms. The van der Waals surface area contributed by atoms with Crippen LogP contribution < -0.4 is 5.73 Å². The summed E-state index contributed by atoms with van der Waals surface area (Å²) in [5, 5.41) is 0. The van der Waals surface area contributed by atoms with E-state index in [0.29, 0.717) is 12.0 Å². The molecule has 0 saturated heterocycles. The van der Waals surface area contributed by atoms with Crippen LogP contribution in [0.25, 0.3) is 0 Å². The second-order valence-corrected chi connectivity index (χ2v) is 4.58. The predicted molar refractivity (Wildman–Crippen MR) is 70.7 cm³/mol. The van der Waals surface area contributed by atoms with Crippen molar-refractivity contribution in [3.63, 3.8) is 0 Å². The summed E-state index contributed by atoms with van der Waals surface area (Å²) < 4.78 is 5.16. The highest BCUT2D eigenvalue weighted by Gasteiger charge is 2.13. The maximum Gasteiger partial charge on any atom is 0.0589 e. The van der Waals surface area contributed by atoms with Gasteiger partial charge in [0.25, 0.3) is 0 Å². The molecule has 0 radical (unpaired) electrons. The number of methoxy groups -OCH3 is 1. The van der Waals surface area contributed by atoms with Crippen LogP contribution in [-0.2, 0) is 4.74 Å². The fourth-order valence-corrected chi connectivity index (χ4v) is 1.86. The van der Waals surface area contributed by atoms with E-state index >= 15 is 0 Å². The van der Waals surface area contributed by atoms with E-state index in [9.17, 15) is 0 Å². The lowest BCUT2D eigenvalue weighted by Crippen LogP contribution is -2.37. The van der Waals surface area contributed by atoms with E-state index in [4.69, 9.17) is 10.5 Å². The maximum atomic E-state index is 5.74. The molecule has 2 unspecified atom stereocenters. The van der Waals surface area contributed by atoms with Gasteiger partial charge in [-0.25, -0.2) is 0 Å². The first-order valence-corrected chi connectivity index (χ1v) is 6.62. The summed E-state index contributed by atoms with van der Waals surface area (Å²) in [6.07, 6.45) is 3.60. The zero-order valence-electron chi connectivity index (χ0n) is 11.5. The van der Waals surface area contributed by atoms with Crippen LogP contribution in [0.15, 0.2) is 0 Å². The highest BCUT2D eigenvalue weighted by atomic mass is 16.5. The van der Waals surface area contributed by atoms with Gasteiger partial charge in [-0.15, -0.1) is 0 Å². The van der Waals surface area contributed by atoms with Crippen molar-refractivity contribution in [2.75, 3.05) is 33.4 Å². The van der Waals surface area contributed by atoms with Crippen molar-refractivity contribution in [1.29, 1.82) is 0 Å². The molecule has 0 heterocycles. The lowest BCUT2D eigenvalue weighted by molar-refractivity contribution is 0.118. The minimum Gasteiger partial charge on any atom is -0.383 e. The smallest absolute Gasteiger partial charge is 0.0589 e. The van der Waals surface area contributed by atoms with E-state index in [-0.39, 0.29) is 0 Å². The second kappa shape index (κ2) is 10.1. The minimum atomic E-state index is 0.644. The molecule has 98 valence electrons. The third kappa shape index (κ3) is 6.46. The number of nitrogens with zero attached hydrogens (tertiary/aromatic N) is 1. The topological polar surface area (TPSA) is 38.5 Å². The lowest BCUT2D eigenvalue weighted by Gasteiger charge is -2.29. The van der Waals surface area contributed by atoms with Crippen LogP contribution in [0.2, 0.25) is 0 Å². The molecule has 0 aromatic rings. The summed E-state index contributed by atoms with van der Waals surface area (Å²) in [6.45, 7) is 10.6. The van der Waals surface area contributed by atoms with Crippen LogP contribution in [0.4, 0.5) is 0 Å². The first-order valence-electron chi connectivity index (χ1n) is 6.62. The fourth-order valence-electron chi connectivity index (χ4n) is 1.86. The van der Waals surface area contributed by atoms with Crippen molar-refractivity contribution >= 4 is 0 Å². The Hall–Kier alpha value is -0.120. The Morgan fingerprint density at radius 1 is 1.19 bits per heavy atom. The van der Waals surface area contributed by atoms with Crippen molar-refractivity contribution in [2.24, 2.45) is 11.7 Å². The molecule has 0 aromatic heterocycles. The summed E-state index contributed by atoms with van der Waals surface area (Å²) in [7, 11) is 1.77. The number of hydrogen-bond acceptors (Lipinski definition) is 3. The van der Waals surface area contributed by atoms with E-state index in [1.807, 2.05) is 0 Å². The van der Waals surface area contributed by atoms with Crippen molar-refractivity contribution in [3.05, 3.63) is 0 Å². The van der Waals surface area contributed by atoms with Gasteiger partial charge in [-0.05, 0) is 38.8 Å². The van der Waals surface area contributed by atoms with Gasteiger partial charge in [-0.2, -0.15) is 0 Å². The quantitative estimate of drug-likeness (QED) is 0.625. The van der Waals surface area contributed by atoms with Crippen LogP contribution in [0, 0.1) is 5.92 Å². The molecule has 2 atom stereocenters. The molecular formula is C13H30N2O. The minimum absolute atomic E-state index is 0.644. The second-order valence-electron chi connectivity index (χ2n) is 4.58. The average Bonchev–Trinajstić information content (AvgIpc) is 2.33. The Balaban J connectivity index is 3.99. The Bertz CT molecular complexity index is 149. The van der Waals surface area contributed by atoms with Crippen LogP contribution in [0.3, 0.4) is 0 Å². The molecule has 2 N–H and O–H groups in total. The predicted octanol–water partition coefficient (Wildman–Crippen LogP) is 2.11. The van der Waals surface area contributed by atoms with Crippen LogP contribution in [0.1, 0.15) is 40.0 Å². The highest BCUT2D eigenvalue weighted by Crippen LogP contribution is 2.10. The average molecular weight is 230 g/mol. The van der Waals surface area contributed by atoms with Crippen molar-refractivity contribution in [1.82, 2.24) is 4.90 Å². The van der Waals surface area contributed by atoms with E-state index in [0.717, 1.165) is 26.2 Å². The van der Waals surface area contributed by atoms with Gasteiger partial charge in [-0.1, -0.05) is 20.3 Å². The van der Waals surface area contributed by atoms with Gasteiger partial charge in [-0.3, -0.25) is 4.90 Å². The van der Waals surface area contributed by atoms with Crippen LogP contribution in [0.5, 0.6) is 0 Å². The first kappa shape index (κ1) is 15.9. The number of hydrogen-bond donors (Lipinski definition) is 1. The molecular weight excluding hydrogens is 200 g/mol. The van der Waals surface area contributed by atoms with Gasteiger partial charge < -0.3 is 10.5 Å². The maximum absolute atomic E-state index is 5.74. The molecule has 0 aliphatic heterocycles. The summed E-state index contributed by atoms with van der Waals surface area (Å²) >= 11 is 0. The van der Waals surface area contributed by atoms with E-state index in [2.05, 4.69) is 25.7 Å². The standard InChI is InChI=1S/C13H30N2O/c1-5-12(3)15(9-10-16-4)8-7-13(6-2)11-14/h12-13H,5-11,14H2,1-4H3. The van der Waals surface area contributed by atoms with E-state index in [1.165, 1.54) is 19.3 Å². The van der Waals surface area contributed by atoms with Gasteiger partial charge in [0.1, 0.15) is 0 Å². The monoisotopic (exact) mass is 230 g/mol. The number of ether oxygens (including phenoxy) is 1. The first-order chi connectivity index (χ1) is 7.69. The van der Waals surface area contributed by atoms with Crippen molar-refractivity contribution in [2.45, 2.75) is 46.1 Å². The zero-order chi connectivity index (χ0) is 12.4. The fraction of sp³-hybridized carbons (Fsp3) is 1.00. The zero-order valence-corrected chi connectivity index (χ0v) is 11.5. The third-order valence-electron chi connectivity index (χ3n) is 3.53. The molecule has 0 aromatic carbocycles. The van der Waals surface area contributed by atoms with Gasteiger partial charge in [0, 0.05) is 19.7 Å². The molecule has 0 bridgehead atoms. The molecule has 3 heteroatoms. The molecule has 3 nitrogen and oxygen atoms in total. The van der Waals surface area contributed by atoms with Gasteiger partial charge >= 0.3 is 0 Å². The number of rotatable bonds is 10. The normalized spacial score (nSPS) is 15.4. The molecule has 0 amide bonds. The Morgan fingerprint density at radius 2 is 1.88 bits per heavy atom. The summed E-state index contributed by atoms with van der Waals surface area (Å²) in [5.74, 6) is 0.675. The Kier molecular flexibility index (Phi) is 9.99. The summed E-state index contributed by atoms with van der Waals surface area (Å²) in [6, 6.07) is 0.644. The molecule has 0 spiro atoms. The molecule has 0 aliphatic carbocycles. The van der Waals surface area contributed by atoms with Crippen LogP contribution >= 0.6 is 0 Å². The van der Waals surface area contributed by atoms with E-state index in [1.54, 1.807) is 7.11 Å². The van der Waals surface area contributed by atoms with Gasteiger partial charge in [0.15, 0.2) is 0 Å². The Labute approximate surface area is 101 Å². The largest absolute Gasteiger partial charge is 0.383 e. The molecule has 0 fully saturated rings. The van der Waals surface area contributed by atoms with Crippen LogP contribution in [-0.4, -0.2) is 44.3 Å². The number of nitrogens with two attached hydrogens (primary N) is 1. The van der Waals surface area contributed by atoms with Gasteiger partial charge in [0.05, 0.1) is 6.61 Å². The summed E-state index contributed by atoms with van der Waals surface area (Å²) in [4.78, 5) is 2.52. The Morgan fingerprint density at radius 3 is 2.31 bits per heavy atom. The highest BCUT2D eigenvalue weighted by molar-refractivity contribution is 4.68.